The summed E-state index contributed by atoms with van der Waals surface area (Å²) < 4.78 is 13.0. The van der Waals surface area contributed by atoms with Gasteiger partial charge in [-0.1, -0.05) is 0 Å². The van der Waals surface area contributed by atoms with E-state index in [9.17, 15) is 9.18 Å². The van der Waals surface area contributed by atoms with Crippen molar-refractivity contribution < 1.29 is 9.18 Å². The lowest BCUT2D eigenvalue weighted by molar-refractivity contribution is 0.0996. The number of rotatable bonds is 1. The van der Waals surface area contributed by atoms with Gasteiger partial charge in [-0.25, -0.2) is 4.39 Å². The summed E-state index contributed by atoms with van der Waals surface area (Å²) in [5.74, 6) is -0.867. The van der Waals surface area contributed by atoms with E-state index in [2.05, 4.69) is 4.98 Å². The minimum absolute atomic E-state index is 0.300. The summed E-state index contributed by atoms with van der Waals surface area (Å²) in [4.78, 5) is 13.6. The van der Waals surface area contributed by atoms with Crippen molar-refractivity contribution in [2.75, 3.05) is 0 Å². The summed E-state index contributed by atoms with van der Waals surface area (Å²) in [6.45, 7) is 1.78. The summed E-state index contributed by atoms with van der Waals surface area (Å²) in [6.07, 6.45) is 0. The second kappa shape index (κ2) is 2.83. The van der Waals surface area contributed by atoms with Gasteiger partial charge in [0.25, 0.3) is 5.91 Å². The molecule has 2 aromatic rings. The van der Waals surface area contributed by atoms with Crippen molar-refractivity contribution in [2.24, 2.45) is 5.73 Å². The fourth-order valence-electron chi connectivity index (χ4n) is 1.51. The van der Waals surface area contributed by atoms with E-state index >= 15 is 0 Å². The lowest BCUT2D eigenvalue weighted by atomic mass is 10.1. The Kier molecular flexibility index (Phi) is 1.77. The molecule has 0 aliphatic heterocycles. The minimum atomic E-state index is -0.541. The number of H-pyrrole nitrogens is 1. The van der Waals surface area contributed by atoms with Gasteiger partial charge in [0.05, 0.1) is 0 Å². The molecule has 0 bridgehead atoms. The number of nitrogens with two attached hydrogens (primary N) is 1. The van der Waals surface area contributed by atoms with Gasteiger partial charge in [-0.15, -0.1) is 0 Å². The molecule has 0 radical (unpaired) electrons. The monoisotopic (exact) mass is 192 g/mol. The molecule has 1 heterocycles. The molecule has 1 amide bonds. The maximum Gasteiger partial charge on any atom is 0.265 e. The number of nitrogens with one attached hydrogen (secondary N) is 1. The first-order valence-electron chi connectivity index (χ1n) is 4.16. The fourth-order valence-corrected chi connectivity index (χ4v) is 1.51. The Morgan fingerprint density at radius 3 is 2.79 bits per heavy atom. The molecule has 3 nitrogen and oxygen atoms in total. The number of halogens is 1. The van der Waals surface area contributed by atoms with E-state index in [1.165, 1.54) is 12.1 Å². The zero-order valence-electron chi connectivity index (χ0n) is 7.60. The number of hydrogen-bond acceptors (Lipinski definition) is 1. The second-order valence-corrected chi connectivity index (χ2v) is 3.23. The molecule has 2 rings (SSSR count). The molecule has 4 heteroatoms. The van der Waals surface area contributed by atoms with Crippen LogP contribution in [0, 0.1) is 12.7 Å². The zero-order chi connectivity index (χ0) is 10.3. The van der Waals surface area contributed by atoms with Crippen molar-refractivity contribution in [2.45, 2.75) is 6.92 Å². The van der Waals surface area contributed by atoms with Crippen molar-refractivity contribution in [3.63, 3.8) is 0 Å². The molecule has 0 unspecified atom stereocenters. The Bertz CT molecular complexity index is 516. The smallest absolute Gasteiger partial charge is 0.265 e. The topological polar surface area (TPSA) is 58.9 Å². The van der Waals surface area contributed by atoms with Gasteiger partial charge in [-0.2, -0.15) is 0 Å². The van der Waals surface area contributed by atoms with Crippen LogP contribution in [0.2, 0.25) is 0 Å². The van der Waals surface area contributed by atoms with Crippen molar-refractivity contribution >= 4 is 16.8 Å². The summed E-state index contributed by atoms with van der Waals surface area (Å²) in [5, 5.41) is 0.820. The standard InChI is InChI=1S/C10H9FN2O/c1-5-2-6(11)3-8-7(5)4-9(13-8)10(12)14/h2-4,13H,1H3,(H2,12,14). The van der Waals surface area contributed by atoms with Gasteiger partial charge in [0.2, 0.25) is 0 Å². The number of carbonyl (C=O) groups excluding carboxylic acids is 1. The number of aryl methyl sites for hydroxylation is 1. The Labute approximate surface area is 79.7 Å². The van der Waals surface area contributed by atoms with Crippen LogP contribution in [0.25, 0.3) is 10.9 Å². The SMILES string of the molecule is Cc1cc(F)cc2[nH]c(C(N)=O)cc12. The molecule has 1 aromatic carbocycles. The molecular formula is C10H9FN2O. The van der Waals surface area contributed by atoms with E-state index in [-0.39, 0.29) is 5.82 Å². The van der Waals surface area contributed by atoms with E-state index in [0.29, 0.717) is 11.2 Å². The number of amides is 1. The molecule has 1 aromatic heterocycles. The number of benzene rings is 1. The molecule has 3 N–H and O–H groups in total. The first-order chi connectivity index (χ1) is 6.58. The van der Waals surface area contributed by atoms with E-state index in [1.807, 2.05) is 0 Å². The third-order valence-corrected chi connectivity index (χ3v) is 2.18. The average Bonchev–Trinajstić information content (AvgIpc) is 2.47. The van der Waals surface area contributed by atoms with Crippen LogP contribution < -0.4 is 5.73 Å². The van der Waals surface area contributed by atoms with Gasteiger partial charge in [0.1, 0.15) is 11.5 Å². The first-order valence-corrected chi connectivity index (χ1v) is 4.16. The highest BCUT2D eigenvalue weighted by Crippen LogP contribution is 2.20. The quantitative estimate of drug-likeness (QED) is 0.710. The van der Waals surface area contributed by atoms with Crippen LogP contribution in [-0.4, -0.2) is 10.9 Å². The van der Waals surface area contributed by atoms with E-state index in [4.69, 9.17) is 5.73 Å². The molecule has 0 aliphatic rings. The van der Waals surface area contributed by atoms with Crippen LogP contribution in [0.15, 0.2) is 18.2 Å². The number of fused-ring (bicyclic) bond motifs is 1. The largest absolute Gasteiger partial charge is 0.364 e. The zero-order valence-corrected chi connectivity index (χ0v) is 7.60. The first kappa shape index (κ1) is 8.74. The van der Waals surface area contributed by atoms with Crippen molar-refractivity contribution in [1.29, 1.82) is 0 Å². The molecule has 0 fully saturated rings. The van der Waals surface area contributed by atoms with E-state index in [0.717, 1.165) is 10.9 Å². The third-order valence-electron chi connectivity index (χ3n) is 2.18. The fraction of sp³-hybridized carbons (Fsp3) is 0.100. The Hall–Kier alpha value is -1.84. The highest BCUT2D eigenvalue weighted by atomic mass is 19.1. The lowest BCUT2D eigenvalue weighted by Gasteiger charge is -1.95. The van der Waals surface area contributed by atoms with Crippen molar-refractivity contribution in [1.82, 2.24) is 4.98 Å². The summed E-state index contributed by atoms with van der Waals surface area (Å²) in [6, 6.07) is 4.39. The van der Waals surface area contributed by atoms with Crippen LogP contribution in [0.4, 0.5) is 4.39 Å². The van der Waals surface area contributed by atoms with Crippen LogP contribution >= 0.6 is 0 Å². The van der Waals surface area contributed by atoms with Crippen LogP contribution in [0.3, 0.4) is 0 Å². The van der Waals surface area contributed by atoms with Crippen LogP contribution in [-0.2, 0) is 0 Å². The third kappa shape index (κ3) is 1.25. The van der Waals surface area contributed by atoms with Crippen LogP contribution in [0.5, 0.6) is 0 Å². The van der Waals surface area contributed by atoms with Crippen molar-refractivity contribution in [3.05, 3.63) is 35.3 Å². The number of aromatic nitrogens is 1. The Balaban J connectivity index is 2.76. The van der Waals surface area contributed by atoms with Crippen molar-refractivity contribution in [3.8, 4) is 0 Å². The maximum absolute atomic E-state index is 13.0. The lowest BCUT2D eigenvalue weighted by Crippen LogP contribution is -2.10. The highest BCUT2D eigenvalue weighted by molar-refractivity contribution is 5.97. The number of aromatic amines is 1. The molecule has 0 saturated carbocycles. The molecule has 72 valence electrons. The van der Waals surface area contributed by atoms with Gasteiger partial charge >= 0.3 is 0 Å². The predicted octanol–water partition coefficient (Wildman–Crippen LogP) is 1.71. The number of hydrogen-bond donors (Lipinski definition) is 2. The number of carbonyl (C=O) groups is 1. The van der Waals surface area contributed by atoms with E-state index < -0.39 is 5.91 Å². The molecular weight excluding hydrogens is 183 g/mol. The molecule has 14 heavy (non-hydrogen) atoms. The van der Waals surface area contributed by atoms with Gasteiger partial charge < -0.3 is 10.7 Å². The predicted molar refractivity (Wildman–Crippen MR) is 51.5 cm³/mol. The van der Waals surface area contributed by atoms with Gasteiger partial charge in [0.15, 0.2) is 0 Å². The van der Waals surface area contributed by atoms with E-state index in [1.54, 1.807) is 13.0 Å². The summed E-state index contributed by atoms with van der Waals surface area (Å²) in [5.41, 5.74) is 6.78. The van der Waals surface area contributed by atoms with Gasteiger partial charge in [-0.3, -0.25) is 4.79 Å². The maximum atomic E-state index is 13.0. The van der Waals surface area contributed by atoms with Crippen LogP contribution in [0.1, 0.15) is 16.1 Å². The Morgan fingerprint density at radius 2 is 2.14 bits per heavy atom. The Morgan fingerprint density at radius 1 is 1.43 bits per heavy atom. The minimum Gasteiger partial charge on any atom is -0.364 e. The molecule has 0 aliphatic carbocycles. The summed E-state index contributed by atoms with van der Waals surface area (Å²) >= 11 is 0. The summed E-state index contributed by atoms with van der Waals surface area (Å²) in [7, 11) is 0. The van der Waals surface area contributed by atoms with Gasteiger partial charge in [0, 0.05) is 10.9 Å². The normalized spacial score (nSPS) is 10.7. The number of primary amides is 1. The molecule has 0 atom stereocenters. The second-order valence-electron chi connectivity index (χ2n) is 3.23. The molecule has 0 spiro atoms. The average molecular weight is 192 g/mol. The van der Waals surface area contributed by atoms with Gasteiger partial charge in [-0.05, 0) is 30.7 Å². The molecule has 0 saturated heterocycles. The highest BCUT2D eigenvalue weighted by Gasteiger charge is 2.08.